The third-order valence-corrected chi connectivity index (χ3v) is 6.05. The summed E-state index contributed by atoms with van der Waals surface area (Å²) in [6.07, 6.45) is 9.48. The Hall–Kier alpha value is -1.47. The standard InChI is InChI=1S/C18H28N4O2S/c1-13(16(23)21-18-19-9-11-25-18)22-10-5-6-14(12-22)17(24)20-15-7-3-2-4-8-15/h9,11,13-15H,2-8,10,12H2,1H3,(H,20,24)(H,19,21,23)/t13-,14+/m1/s1. The molecule has 1 aliphatic heterocycles. The number of aromatic nitrogens is 1. The number of nitrogens with one attached hydrogen (secondary N) is 2. The lowest BCUT2D eigenvalue weighted by Crippen LogP contribution is -2.51. The van der Waals surface area contributed by atoms with Gasteiger partial charge in [-0.1, -0.05) is 19.3 Å². The van der Waals surface area contributed by atoms with Gasteiger partial charge in [0.1, 0.15) is 0 Å². The Kier molecular flexibility index (Phi) is 6.42. The monoisotopic (exact) mass is 364 g/mol. The van der Waals surface area contributed by atoms with Crippen molar-refractivity contribution in [1.29, 1.82) is 0 Å². The van der Waals surface area contributed by atoms with Crippen molar-refractivity contribution < 1.29 is 9.59 Å². The van der Waals surface area contributed by atoms with E-state index in [2.05, 4.69) is 20.5 Å². The quantitative estimate of drug-likeness (QED) is 0.842. The van der Waals surface area contributed by atoms with Gasteiger partial charge in [-0.3, -0.25) is 14.5 Å². The summed E-state index contributed by atoms with van der Waals surface area (Å²) >= 11 is 1.41. The number of hydrogen-bond donors (Lipinski definition) is 2. The predicted octanol–water partition coefficient (Wildman–Crippen LogP) is 2.63. The molecule has 0 radical (unpaired) electrons. The fraction of sp³-hybridized carbons (Fsp3) is 0.722. The number of amides is 2. The van der Waals surface area contributed by atoms with Gasteiger partial charge in [-0.15, -0.1) is 11.3 Å². The van der Waals surface area contributed by atoms with Gasteiger partial charge in [-0.25, -0.2) is 4.98 Å². The van der Waals surface area contributed by atoms with Gasteiger partial charge in [-0.2, -0.15) is 0 Å². The molecule has 2 atom stereocenters. The molecule has 1 aromatic heterocycles. The Morgan fingerprint density at radius 3 is 2.76 bits per heavy atom. The fourth-order valence-electron chi connectivity index (χ4n) is 3.80. The summed E-state index contributed by atoms with van der Waals surface area (Å²) in [5, 5.41) is 8.56. The van der Waals surface area contributed by atoms with Gasteiger partial charge in [0.15, 0.2) is 5.13 Å². The molecule has 2 fully saturated rings. The van der Waals surface area contributed by atoms with Crippen molar-refractivity contribution >= 4 is 28.3 Å². The van der Waals surface area contributed by atoms with Gasteiger partial charge in [0.25, 0.3) is 0 Å². The average molecular weight is 365 g/mol. The first-order chi connectivity index (χ1) is 12.1. The van der Waals surface area contributed by atoms with Gasteiger partial charge >= 0.3 is 0 Å². The lowest BCUT2D eigenvalue weighted by atomic mass is 9.92. The Bertz CT molecular complexity index is 572. The molecule has 0 bridgehead atoms. The first kappa shape index (κ1) is 18.3. The van der Waals surface area contributed by atoms with Crippen LogP contribution in [-0.4, -0.2) is 46.9 Å². The molecule has 0 aromatic carbocycles. The highest BCUT2D eigenvalue weighted by Crippen LogP contribution is 2.22. The Morgan fingerprint density at radius 2 is 2.04 bits per heavy atom. The van der Waals surface area contributed by atoms with Crippen molar-refractivity contribution in [2.24, 2.45) is 5.92 Å². The van der Waals surface area contributed by atoms with E-state index in [9.17, 15) is 9.59 Å². The lowest BCUT2D eigenvalue weighted by Gasteiger charge is -2.36. The smallest absolute Gasteiger partial charge is 0.243 e. The number of anilines is 1. The molecule has 3 rings (SSSR count). The highest BCUT2D eigenvalue weighted by Gasteiger charge is 2.32. The minimum Gasteiger partial charge on any atom is -0.353 e. The maximum Gasteiger partial charge on any atom is 0.243 e. The first-order valence-electron chi connectivity index (χ1n) is 9.38. The first-order valence-corrected chi connectivity index (χ1v) is 10.3. The van der Waals surface area contributed by atoms with E-state index in [1.54, 1.807) is 6.20 Å². The van der Waals surface area contributed by atoms with E-state index in [1.807, 2.05) is 12.3 Å². The number of carbonyl (C=O) groups excluding carboxylic acids is 2. The molecule has 1 aromatic rings. The molecule has 2 amide bonds. The van der Waals surface area contributed by atoms with Crippen molar-refractivity contribution in [3.8, 4) is 0 Å². The Labute approximate surface area is 153 Å². The number of thiazole rings is 1. The van der Waals surface area contributed by atoms with Gasteiger partial charge in [0, 0.05) is 24.2 Å². The van der Waals surface area contributed by atoms with Gasteiger partial charge in [0.05, 0.1) is 12.0 Å². The second-order valence-corrected chi connectivity index (χ2v) is 8.07. The number of carbonyl (C=O) groups is 2. The number of piperidine rings is 1. The summed E-state index contributed by atoms with van der Waals surface area (Å²) in [5.41, 5.74) is 0. The van der Waals surface area contributed by atoms with Crippen LogP contribution in [0.25, 0.3) is 0 Å². The minimum atomic E-state index is -0.255. The number of rotatable bonds is 5. The third-order valence-electron chi connectivity index (χ3n) is 5.36. The van der Waals surface area contributed by atoms with Crippen LogP contribution in [0.15, 0.2) is 11.6 Å². The maximum atomic E-state index is 12.6. The molecular formula is C18H28N4O2S. The molecule has 0 spiro atoms. The van der Waals surface area contributed by atoms with Gasteiger partial charge in [-0.05, 0) is 39.2 Å². The van der Waals surface area contributed by atoms with Crippen LogP contribution in [0.2, 0.25) is 0 Å². The highest BCUT2D eigenvalue weighted by molar-refractivity contribution is 7.13. The molecule has 1 aliphatic carbocycles. The van der Waals surface area contributed by atoms with Crippen molar-refractivity contribution in [2.45, 2.75) is 64.0 Å². The summed E-state index contributed by atoms with van der Waals surface area (Å²) in [5.74, 6) is 0.109. The van der Waals surface area contributed by atoms with E-state index in [4.69, 9.17) is 0 Å². The van der Waals surface area contributed by atoms with Crippen LogP contribution >= 0.6 is 11.3 Å². The minimum absolute atomic E-state index is 0.00853. The summed E-state index contributed by atoms with van der Waals surface area (Å²) in [7, 11) is 0. The zero-order valence-electron chi connectivity index (χ0n) is 14.9. The SMILES string of the molecule is C[C@H](C(=O)Nc1nccs1)N1CCC[C@H](C(=O)NC2CCCCC2)C1. The van der Waals surface area contributed by atoms with Crippen molar-refractivity contribution in [1.82, 2.24) is 15.2 Å². The van der Waals surface area contributed by atoms with Crippen molar-refractivity contribution in [2.75, 3.05) is 18.4 Å². The Morgan fingerprint density at radius 1 is 1.24 bits per heavy atom. The largest absolute Gasteiger partial charge is 0.353 e. The molecular weight excluding hydrogens is 336 g/mol. The van der Waals surface area contributed by atoms with Crippen LogP contribution in [-0.2, 0) is 9.59 Å². The second kappa shape index (κ2) is 8.76. The molecule has 1 saturated heterocycles. The van der Waals surface area contributed by atoms with E-state index in [1.165, 1.54) is 30.6 Å². The molecule has 2 aliphatic rings. The third kappa shape index (κ3) is 5.01. The summed E-state index contributed by atoms with van der Waals surface area (Å²) in [6, 6.07) is 0.0939. The predicted molar refractivity (Wildman–Crippen MR) is 99.5 cm³/mol. The van der Waals surface area contributed by atoms with Crippen LogP contribution in [0.3, 0.4) is 0 Å². The zero-order chi connectivity index (χ0) is 17.6. The van der Waals surface area contributed by atoms with Gasteiger partial charge in [0.2, 0.25) is 11.8 Å². The van der Waals surface area contributed by atoms with E-state index in [0.717, 1.165) is 32.2 Å². The van der Waals surface area contributed by atoms with E-state index >= 15 is 0 Å². The molecule has 25 heavy (non-hydrogen) atoms. The average Bonchev–Trinajstić information content (AvgIpc) is 3.15. The lowest BCUT2D eigenvalue weighted by molar-refractivity contribution is -0.130. The van der Waals surface area contributed by atoms with Gasteiger partial charge < -0.3 is 10.6 Å². The van der Waals surface area contributed by atoms with Crippen molar-refractivity contribution in [3.05, 3.63) is 11.6 Å². The summed E-state index contributed by atoms with van der Waals surface area (Å²) in [6.45, 7) is 3.43. The molecule has 0 unspecified atom stereocenters. The molecule has 7 heteroatoms. The molecule has 1 saturated carbocycles. The zero-order valence-corrected chi connectivity index (χ0v) is 15.7. The Balaban J connectivity index is 1.51. The van der Waals surface area contributed by atoms with Crippen LogP contribution < -0.4 is 10.6 Å². The highest BCUT2D eigenvalue weighted by atomic mass is 32.1. The molecule has 2 N–H and O–H groups in total. The number of likely N-dealkylation sites (tertiary alicyclic amines) is 1. The van der Waals surface area contributed by atoms with Crippen LogP contribution in [0.1, 0.15) is 51.9 Å². The normalized spacial score (nSPS) is 23.8. The topological polar surface area (TPSA) is 74.3 Å². The second-order valence-electron chi connectivity index (χ2n) is 7.18. The molecule has 2 heterocycles. The van der Waals surface area contributed by atoms with Crippen LogP contribution in [0.5, 0.6) is 0 Å². The van der Waals surface area contributed by atoms with E-state index in [-0.39, 0.29) is 23.8 Å². The van der Waals surface area contributed by atoms with Crippen molar-refractivity contribution in [3.63, 3.8) is 0 Å². The summed E-state index contributed by atoms with van der Waals surface area (Å²) in [4.78, 5) is 31.2. The fourth-order valence-corrected chi connectivity index (χ4v) is 4.33. The number of hydrogen-bond acceptors (Lipinski definition) is 5. The van der Waals surface area contributed by atoms with E-state index in [0.29, 0.717) is 17.7 Å². The summed E-state index contributed by atoms with van der Waals surface area (Å²) < 4.78 is 0. The van der Waals surface area contributed by atoms with Crippen LogP contribution in [0, 0.1) is 5.92 Å². The number of nitrogens with zero attached hydrogens (tertiary/aromatic N) is 2. The maximum absolute atomic E-state index is 12.6. The molecule has 6 nitrogen and oxygen atoms in total. The van der Waals surface area contributed by atoms with E-state index < -0.39 is 0 Å². The molecule has 138 valence electrons. The van der Waals surface area contributed by atoms with Crippen LogP contribution in [0.4, 0.5) is 5.13 Å².